The summed E-state index contributed by atoms with van der Waals surface area (Å²) in [6, 6.07) is 3.98. The van der Waals surface area contributed by atoms with Gasteiger partial charge in [0, 0.05) is 24.2 Å². The largest absolute Gasteiger partial charge is 0.299 e. The fraction of sp³-hybridized carbons (Fsp3) is 0.500. The van der Waals surface area contributed by atoms with E-state index >= 15 is 0 Å². The van der Waals surface area contributed by atoms with Gasteiger partial charge in [-0.05, 0) is 18.1 Å². The normalized spacial score (nSPS) is 10.6. The number of hydrogen-bond acceptors (Lipinski definition) is 2. The molecule has 1 heterocycles. The number of aromatic nitrogens is 1. The zero-order valence-corrected chi connectivity index (χ0v) is 9.08. The molecule has 0 atom stereocenters. The molecule has 1 aromatic heterocycles. The highest BCUT2D eigenvalue weighted by Crippen LogP contribution is 2.06. The fourth-order valence-electron chi connectivity index (χ4n) is 1.17. The molecule has 0 aliphatic carbocycles. The van der Waals surface area contributed by atoms with E-state index in [1.165, 1.54) is 0 Å². The predicted molar refractivity (Wildman–Crippen MR) is 57.2 cm³/mol. The van der Waals surface area contributed by atoms with Crippen LogP contribution >= 0.6 is 0 Å². The molecule has 0 aliphatic heterocycles. The van der Waals surface area contributed by atoms with Crippen LogP contribution in [0.1, 0.15) is 32.0 Å². The molecule has 1 rings (SSSR count). The third-order valence-corrected chi connectivity index (χ3v) is 2.27. The maximum absolute atomic E-state index is 11.4. The molecule has 1 aromatic rings. The smallest absolute Gasteiger partial charge is 0.139 e. The quantitative estimate of drug-likeness (QED) is 0.731. The van der Waals surface area contributed by atoms with Gasteiger partial charge in [0.2, 0.25) is 0 Å². The van der Waals surface area contributed by atoms with Crippen molar-refractivity contribution in [2.45, 2.75) is 33.6 Å². The van der Waals surface area contributed by atoms with Gasteiger partial charge in [-0.3, -0.25) is 9.78 Å². The van der Waals surface area contributed by atoms with Crippen molar-refractivity contribution in [3.05, 3.63) is 29.6 Å². The highest BCUT2D eigenvalue weighted by molar-refractivity contribution is 5.82. The van der Waals surface area contributed by atoms with Crippen molar-refractivity contribution in [1.29, 1.82) is 0 Å². The topological polar surface area (TPSA) is 30.0 Å². The second-order valence-corrected chi connectivity index (χ2v) is 3.81. The summed E-state index contributed by atoms with van der Waals surface area (Å²) >= 11 is 0. The van der Waals surface area contributed by atoms with Gasteiger partial charge in [-0.25, -0.2) is 0 Å². The molecule has 0 unspecified atom stereocenters. The maximum atomic E-state index is 11.4. The lowest BCUT2D eigenvalue weighted by molar-refractivity contribution is -0.121. The van der Waals surface area contributed by atoms with Crippen LogP contribution in [0, 0.1) is 5.92 Å². The van der Waals surface area contributed by atoms with Crippen LogP contribution in [0.4, 0.5) is 0 Å². The molecular formula is C12H17NO. The van der Waals surface area contributed by atoms with Gasteiger partial charge < -0.3 is 0 Å². The number of Topliss-reactive ketones (excluding diaryl/α,β-unsaturated/α-hetero) is 1. The van der Waals surface area contributed by atoms with Crippen LogP contribution in [0.2, 0.25) is 0 Å². The first kappa shape index (κ1) is 10.9. The Morgan fingerprint density at radius 2 is 2.14 bits per heavy atom. The Kier molecular flexibility index (Phi) is 3.81. The van der Waals surface area contributed by atoms with E-state index in [2.05, 4.69) is 11.9 Å². The fourth-order valence-corrected chi connectivity index (χ4v) is 1.17. The number of carbonyl (C=O) groups excluding carboxylic acids is 1. The first-order valence-corrected chi connectivity index (χ1v) is 5.10. The number of pyridine rings is 1. The molecule has 14 heavy (non-hydrogen) atoms. The van der Waals surface area contributed by atoms with Crippen LogP contribution in [0.5, 0.6) is 0 Å². The first-order valence-electron chi connectivity index (χ1n) is 5.10. The summed E-state index contributed by atoms with van der Waals surface area (Å²) in [5, 5.41) is 0. The minimum Gasteiger partial charge on any atom is -0.299 e. The van der Waals surface area contributed by atoms with Crippen LogP contribution in [0.25, 0.3) is 0 Å². The van der Waals surface area contributed by atoms with Crippen LogP contribution in [-0.4, -0.2) is 10.8 Å². The lowest BCUT2D eigenvalue weighted by Gasteiger charge is -2.04. The minimum absolute atomic E-state index is 0.112. The molecule has 0 N–H and O–H groups in total. The second-order valence-electron chi connectivity index (χ2n) is 3.81. The Hall–Kier alpha value is -1.18. The molecule has 0 amide bonds. The maximum Gasteiger partial charge on any atom is 0.139 e. The number of rotatable bonds is 4. The van der Waals surface area contributed by atoms with Crippen molar-refractivity contribution in [2.75, 3.05) is 0 Å². The third-order valence-electron chi connectivity index (χ3n) is 2.27. The number of ketones is 1. The third kappa shape index (κ3) is 2.95. The highest BCUT2D eigenvalue weighted by atomic mass is 16.1. The number of aryl methyl sites for hydroxylation is 1. The van der Waals surface area contributed by atoms with Gasteiger partial charge in [-0.15, -0.1) is 0 Å². The number of nitrogens with zero attached hydrogens (tertiary/aromatic N) is 1. The predicted octanol–water partition coefficient (Wildman–Crippen LogP) is 2.41. The number of hydrogen-bond donors (Lipinski definition) is 0. The number of carbonyl (C=O) groups is 1. The average Bonchev–Trinajstić information content (AvgIpc) is 2.19. The lowest BCUT2D eigenvalue weighted by Crippen LogP contribution is -2.10. The molecule has 2 heteroatoms. The van der Waals surface area contributed by atoms with Crippen molar-refractivity contribution in [1.82, 2.24) is 4.98 Å². The molecule has 76 valence electrons. The van der Waals surface area contributed by atoms with Crippen LogP contribution in [0.15, 0.2) is 18.3 Å². The van der Waals surface area contributed by atoms with Gasteiger partial charge in [0.05, 0.1) is 0 Å². The van der Waals surface area contributed by atoms with Crippen molar-refractivity contribution < 1.29 is 4.79 Å². The first-order chi connectivity index (χ1) is 6.63. The van der Waals surface area contributed by atoms with Gasteiger partial charge in [0.1, 0.15) is 5.78 Å². The lowest BCUT2D eigenvalue weighted by atomic mass is 10.0. The SMILES string of the molecule is CCc1ccc(CC(=O)C(C)C)cn1. The molecule has 0 saturated heterocycles. The van der Waals surface area contributed by atoms with Gasteiger partial charge in [0.15, 0.2) is 0 Å². The van der Waals surface area contributed by atoms with Crippen molar-refractivity contribution in [3.8, 4) is 0 Å². The van der Waals surface area contributed by atoms with E-state index in [9.17, 15) is 4.79 Å². The summed E-state index contributed by atoms with van der Waals surface area (Å²) in [7, 11) is 0. The second kappa shape index (κ2) is 4.89. The van der Waals surface area contributed by atoms with Crippen molar-refractivity contribution in [2.24, 2.45) is 5.92 Å². The van der Waals surface area contributed by atoms with Gasteiger partial charge in [-0.2, -0.15) is 0 Å². The van der Waals surface area contributed by atoms with E-state index in [-0.39, 0.29) is 11.7 Å². The van der Waals surface area contributed by atoms with Crippen molar-refractivity contribution in [3.63, 3.8) is 0 Å². The molecule has 0 radical (unpaired) electrons. The van der Waals surface area contributed by atoms with Crippen LogP contribution in [0.3, 0.4) is 0 Å². The zero-order valence-electron chi connectivity index (χ0n) is 9.08. The molecule has 0 spiro atoms. The Bertz CT molecular complexity index is 301. The van der Waals surface area contributed by atoms with Gasteiger partial charge in [0.25, 0.3) is 0 Å². The molecule has 0 aromatic carbocycles. The van der Waals surface area contributed by atoms with Crippen LogP contribution < -0.4 is 0 Å². The van der Waals surface area contributed by atoms with Gasteiger partial charge in [-0.1, -0.05) is 26.8 Å². The standard InChI is InChI=1S/C12H17NO/c1-4-11-6-5-10(8-13-11)7-12(14)9(2)3/h5-6,8-9H,4,7H2,1-3H3. The zero-order chi connectivity index (χ0) is 10.6. The van der Waals surface area contributed by atoms with E-state index in [1.54, 1.807) is 6.20 Å². The van der Waals surface area contributed by atoms with E-state index in [0.717, 1.165) is 17.7 Å². The summed E-state index contributed by atoms with van der Waals surface area (Å²) in [6.07, 6.45) is 3.26. The van der Waals surface area contributed by atoms with E-state index < -0.39 is 0 Å². The molecule has 0 aliphatic rings. The minimum atomic E-state index is 0.112. The molecular weight excluding hydrogens is 174 g/mol. The highest BCUT2D eigenvalue weighted by Gasteiger charge is 2.07. The Balaban J connectivity index is 2.64. The van der Waals surface area contributed by atoms with Crippen LogP contribution in [-0.2, 0) is 17.6 Å². The summed E-state index contributed by atoms with van der Waals surface area (Å²) in [4.78, 5) is 15.7. The van der Waals surface area contributed by atoms with E-state index in [4.69, 9.17) is 0 Å². The van der Waals surface area contributed by atoms with Gasteiger partial charge >= 0.3 is 0 Å². The van der Waals surface area contributed by atoms with E-state index in [0.29, 0.717) is 6.42 Å². The Labute approximate surface area is 85.4 Å². The average molecular weight is 191 g/mol. The monoisotopic (exact) mass is 191 g/mol. The van der Waals surface area contributed by atoms with E-state index in [1.807, 2.05) is 26.0 Å². The molecule has 0 bridgehead atoms. The molecule has 2 nitrogen and oxygen atoms in total. The summed E-state index contributed by atoms with van der Waals surface area (Å²) < 4.78 is 0. The Morgan fingerprint density at radius 1 is 1.43 bits per heavy atom. The summed E-state index contributed by atoms with van der Waals surface area (Å²) in [6.45, 7) is 5.92. The molecule has 0 fully saturated rings. The Morgan fingerprint density at radius 3 is 2.57 bits per heavy atom. The molecule has 0 saturated carbocycles. The van der Waals surface area contributed by atoms with Crippen molar-refractivity contribution >= 4 is 5.78 Å². The summed E-state index contributed by atoms with van der Waals surface area (Å²) in [5.74, 6) is 0.386. The summed E-state index contributed by atoms with van der Waals surface area (Å²) in [5.41, 5.74) is 2.09.